The van der Waals surface area contributed by atoms with Crippen LogP contribution in [0.1, 0.15) is 27.9 Å². The van der Waals surface area contributed by atoms with Gasteiger partial charge in [0.2, 0.25) is 0 Å². The Balaban J connectivity index is 0.00000361. The lowest BCUT2D eigenvalue weighted by Crippen LogP contribution is -2.39. The van der Waals surface area contributed by atoms with Crippen molar-refractivity contribution >= 4 is 45.0 Å². The number of para-hydroxylation sites is 1. The molecule has 0 bridgehead atoms. The first-order valence-corrected chi connectivity index (χ1v) is 11.6. The second-order valence-corrected chi connectivity index (χ2v) is 9.03. The molecule has 1 amide bonds. The third-order valence-electron chi connectivity index (χ3n) is 5.55. The number of morpholine rings is 1. The van der Waals surface area contributed by atoms with Crippen molar-refractivity contribution in [2.24, 2.45) is 0 Å². The van der Waals surface area contributed by atoms with Crippen LogP contribution in [0.15, 0.2) is 42.5 Å². The summed E-state index contributed by atoms with van der Waals surface area (Å²) in [6.45, 7) is 3.23. The Kier molecular flexibility index (Phi) is 8.86. The summed E-state index contributed by atoms with van der Waals surface area (Å²) in [5.41, 5.74) is -3.18. The van der Waals surface area contributed by atoms with Gasteiger partial charge >= 0.3 is 12.4 Å². The van der Waals surface area contributed by atoms with E-state index in [2.05, 4.69) is 9.88 Å². The van der Waals surface area contributed by atoms with Crippen molar-refractivity contribution in [1.82, 2.24) is 9.88 Å². The number of ether oxygens (including phenoxy) is 1. The molecule has 36 heavy (non-hydrogen) atoms. The molecule has 3 aromatic rings. The van der Waals surface area contributed by atoms with Crippen LogP contribution in [0.5, 0.6) is 0 Å². The number of hydrogen-bond acceptors (Lipinski definition) is 5. The van der Waals surface area contributed by atoms with Gasteiger partial charge in [-0.3, -0.25) is 14.6 Å². The summed E-state index contributed by atoms with van der Waals surface area (Å²) in [4.78, 5) is 21.1. The maximum Gasteiger partial charge on any atom is 0.416 e. The van der Waals surface area contributed by atoms with E-state index in [4.69, 9.17) is 4.74 Å². The van der Waals surface area contributed by atoms with Gasteiger partial charge in [0.05, 0.1) is 34.6 Å². The fourth-order valence-corrected chi connectivity index (χ4v) is 4.76. The van der Waals surface area contributed by atoms with E-state index in [-0.39, 0.29) is 30.1 Å². The molecule has 0 aliphatic carbocycles. The van der Waals surface area contributed by atoms with Crippen LogP contribution in [0.2, 0.25) is 0 Å². The van der Waals surface area contributed by atoms with Crippen LogP contribution in [-0.4, -0.2) is 55.2 Å². The average Bonchev–Trinajstić information content (AvgIpc) is 3.24. The molecule has 196 valence electrons. The summed E-state index contributed by atoms with van der Waals surface area (Å²) in [6.07, 6.45) is -9.65. The molecule has 1 fully saturated rings. The number of benzene rings is 2. The van der Waals surface area contributed by atoms with E-state index in [1.807, 2.05) is 0 Å². The van der Waals surface area contributed by atoms with Crippen LogP contribution in [0.4, 0.5) is 31.5 Å². The first kappa shape index (κ1) is 28.2. The van der Waals surface area contributed by atoms with Gasteiger partial charge < -0.3 is 4.74 Å². The van der Waals surface area contributed by atoms with Gasteiger partial charge in [0.1, 0.15) is 0 Å². The molecule has 1 aromatic heterocycles. The number of anilines is 1. The Morgan fingerprint density at radius 1 is 1.00 bits per heavy atom. The highest BCUT2D eigenvalue weighted by atomic mass is 35.5. The maximum atomic E-state index is 13.4. The van der Waals surface area contributed by atoms with E-state index in [9.17, 15) is 31.1 Å². The largest absolute Gasteiger partial charge is 0.416 e. The maximum absolute atomic E-state index is 13.4. The fourth-order valence-electron chi connectivity index (χ4n) is 3.77. The van der Waals surface area contributed by atoms with Crippen LogP contribution in [0.3, 0.4) is 0 Å². The zero-order valence-corrected chi connectivity index (χ0v) is 20.4. The minimum absolute atomic E-state index is 0. The highest BCUT2D eigenvalue weighted by Crippen LogP contribution is 2.37. The van der Waals surface area contributed by atoms with Crippen LogP contribution >= 0.6 is 23.7 Å². The van der Waals surface area contributed by atoms with Gasteiger partial charge in [-0.25, -0.2) is 4.98 Å². The third kappa shape index (κ3) is 6.67. The smallest absolute Gasteiger partial charge is 0.379 e. The van der Waals surface area contributed by atoms with Gasteiger partial charge in [-0.2, -0.15) is 26.3 Å². The number of nitrogens with zero attached hydrogens (tertiary/aromatic N) is 3. The van der Waals surface area contributed by atoms with Crippen LogP contribution in [0, 0.1) is 0 Å². The molecule has 2 aromatic carbocycles. The van der Waals surface area contributed by atoms with Gasteiger partial charge in [0, 0.05) is 31.7 Å². The molecule has 0 atom stereocenters. The summed E-state index contributed by atoms with van der Waals surface area (Å²) in [5, 5.41) is 0.212. The number of carbonyl (C=O) groups is 1. The first-order chi connectivity index (χ1) is 16.5. The van der Waals surface area contributed by atoms with Crippen molar-refractivity contribution in [3.05, 3.63) is 59.2 Å². The van der Waals surface area contributed by atoms with Crippen LogP contribution in [0.25, 0.3) is 10.2 Å². The second-order valence-electron chi connectivity index (χ2n) is 8.02. The molecule has 0 N–H and O–H groups in total. The van der Waals surface area contributed by atoms with E-state index in [0.29, 0.717) is 56.9 Å². The molecule has 1 aliphatic heterocycles. The Hall–Kier alpha value is -2.41. The van der Waals surface area contributed by atoms with Gasteiger partial charge in [-0.15, -0.1) is 12.4 Å². The predicted octanol–water partition coefficient (Wildman–Crippen LogP) is 6.12. The highest BCUT2D eigenvalue weighted by molar-refractivity contribution is 7.22. The number of rotatable bonds is 6. The number of aromatic nitrogens is 1. The Bertz CT molecular complexity index is 1130. The number of halogens is 7. The van der Waals surface area contributed by atoms with Crippen molar-refractivity contribution < 1.29 is 35.9 Å². The monoisotopic (exact) mass is 553 g/mol. The second kappa shape index (κ2) is 11.3. The minimum Gasteiger partial charge on any atom is -0.379 e. The number of carbonyl (C=O) groups excluding carboxylic acids is 1. The van der Waals surface area contributed by atoms with E-state index < -0.39 is 35.0 Å². The normalized spacial score (nSPS) is 15.1. The number of hydrogen-bond donors (Lipinski definition) is 0. The van der Waals surface area contributed by atoms with Crippen LogP contribution < -0.4 is 4.90 Å². The fraction of sp³-hybridized carbons (Fsp3) is 0.391. The van der Waals surface area contributed by atoms with Crippen molar-refractivity contribution in [2.45, 2.75) is 18.8 Å². The van der Waals surface area contributed by atoms with E-state index >= 15 is 0 Å². The quantitative estimate of drug-likeness (QED) is 0.345. The summed E-state index contributed by atoms with van der Waals surface area (Å²) < 4.78 is 86.2. The lowest BCUT2D eigenvalue weighted by atomic mass is 10.0. The van der Waals surface area contributed by atoms with Gasteiger partial charge in [-0.05, 0) is 36.8 Å². The third-order valence-corrected chi connectivity index (χ3v) is 6.61. The van der Waals surface area contributed by atoms with Gasteiger partial charge in [0.25, 0.3) is 5.91 Å². The zero-order valence-electron chi connectivity index (χ0n) is 18.7. The summed E-state index contributed by atoms with van der Waals surface area (Å²) in [5.74, 6) is -0.970. The molecule has 1 saturated heterocycles. The molecule has 0 saturated carbocycles. The number of alkyl halides is 6. The molecule has 4 rings (SSSR count). The Labute approximate surface area is 213 Å². The lowest BCUT2D eigenvalue weighted by Gasteiger charge is -2.28. The van der Waals surface area contributed by atoms with Crippen molar-refractivity contribution in [1.29, 1.82) is 0 Å². The highest BCUT2D eigenvalue weighted by Gasteiger charge is 2.38. The molecule has 0 spiro atoms. The van der Waals surface area contributed by atoms with Crippen molar-refractivity contribution in [3.63, 3.8) is 0 Å². The summed E-state index contributed by atoms with van der Waals surface area (Å²) in [7, 11) is 0. The molecule has 0 unspecified atom stereocenters. The van der Waals surface area contributed by atoms with E-state index in [1.165, 1.54) is 4.90 Å². The topological polar surface area (TPSA) is 45.7 Å². The Morgan fingerprint density at radius 3 is 2.19 bits per heavy atom. The molecule has 0 radical (unpaired) electrons. The predicted molar refractivity (Wildman–Crippen MR) is 127 cm³/mol. The van der Waals surface area contributed by atoms with E-state index in [1.54, 1.807) is 24.3 Å². The first-order valence-electron chi connectivity index (χ1n) is 10.8. The molecule has 1 aliphatic rings. The van der Waals surface area contributed by atoms with Crippen LogP contribution in [-0.2, 0) is 17.1 Å². The average molecular weight is 554 g/mol. The molecular weight excluding hydrogens is 532 g/mol. The van der Waals surface area contributed by atoms with Crippen molar-refractivity contribution in [3.8, 4) is 0 Å². The minimum atomic E-state index is -5.05. The molecule has 2 heterocycles. The standard InChI is InChI=1S/C23H21F6N3O2S.ClH/c24-22(25,26)16-12-15(13-17(14-16)23(27,28)29)20(33)32(7-3-6-31-8-10-34-11-9-31)21-30-18-4-1-2-5-19(18)35-21;/h1-2,4-5,12-14H,3,6-11H2;1H. The molecular formula is C23H22ClF6N3O2S. The number of fused-ring (bicyclic) bond motifs is 1. The number of thiazole rings is 1. The van der Waals surface area contributed by atoms with Gasteiger partial charge in [-0.1, -0.05) is 23.5 Å². The summed E-state index contributed by atoms with van der Waals surface area (Å²) in [6, 6.07) is 7.95. The molecule has 5 nitrogen and oxygen atoms in total. The van der Waals surface area contributed by atoms with E-state index in [0.717, 1.165) is 16.0 Å². The summed E-state index contributed by atoms with van der Waals surface area (Å²) >= 11 is 1.15. The SMILES string of the molecule is Cl.O=C(c1cc(C(F)(F)F)cc(C(F)(F)F)c1)N(CCCN1CCOCC1)c1nc2ccccc2s1. The zero-order chi connectivity index (χ0) is 25.2. The van der Waals surface area contributed by atoms with Gasteiger partial charge in [0.15, 0.2) is 5.13 Å². The number of amides is 1. The van der Waals surface area contributed by atoms with Crippen molar-refractivity contribution in [2.75, 3.05) is 44.3 Å². The Morgan fingerprint density at radius 2 is 1.61 bits per heavy atom. The lowest BCUT2D eigenvalue weighted by molar-refractivity contribution is -0.143. The molecule has 13 heteroatoms.